The number of rotatable bonds is 8. The summed E-state index contributed by atoms with van der Waals surface area (Å²) < 4.78 is 12.9. The molecule has 1 saturated heterocycles. The number of ether oxygens (including phenoxy) is 2. The number of piperidine rings is 1. The number of Topliss-reactive ketones (excluding diaryl/α,β-unsaturated/α-hetero) is 1. The molecule has 1 aliphatic heterocycles. The van der Waals surface area contributed by atoms with E-state index in [-0.39, 0.29) is 42.6 Å². The highest BCUT2D eigenvalue weighted by Gasteiger charge is 2.55. The maximum atomic E-state index is 13.3. The van der Waals surface area contributed by atoms with Gasteiger partial charge in [-0.15, -0.1) is 0 Å². The first kappa shape index (κ1) is 23.7. The maximum Gasteiger partial charge on any atom is 0.409 e. The molecule has 11 nitrogen and oxygen atoms in total. The van der Waals surface area contributed by atoms with Crippen molar-refractivity contribution in [2.45, 2.75) is 65.1 Å². The van der Waals surface area contributed by atoms with Crippen molar-refractivity contribution in [1.29, 1.82) is 0 Å². The number of fused-ring (bicyclic) bond motifs is 2. The molecule has 0 bridgehead atoms. The molecule has 0 radical (unpaired) electrons. The molecule has 2 aromatic heterocycles. The normalized spacial score (nSPS) is 20.3. The standard InChI is InChI=1S/C25H28N6O5/c1-14(2)28-25(34)36-23-10-16-9-20(16)31(23)22(33)12-30-19-6-5-17(11-18(19)24(29-30)15(3)32)35-13-21-26-7-4-8-27-21/h4-8,11,14,16,20,23H,9-10,12-13H2,1-3H3,(H,28,34)/t16-,20-,23+/m1/s1. The van der Waals surface area contributed by atoms with Crippen LogP contribution >= 0.6 is 0 Å². The lowest BCUT2D eigenvalue weighted by molar-refractivity contribution is -0.140. The number of carbonyl (C=O) groups is 3. The van der Waals surface area contributed by atoms with Crippen molar-refractivity contribution >= 4 is 28.7 Å². The number of benzene rings is 1. The molecular weight excluding hydrogens is 464 g/mol. The van der Waals surface area contributed by atoms with Gasteiger partial charge in [0, 0.05) is 43.2 Å². The number of aromatic nitrogens is 4. The lowest BCUT2D eigenvalue weighted by Gasteiger charge is -2.27. The molecular formula is C25H28N6O5. The highest BCUT2D eigenvalue weighted by atomic mass is 16.6. The van der Waals surface area contributed by atoms with Gasteiger partial charge in [0.1, 0.15) is 24.6 Å². The largest absolute Gasteiger partial charge is 0.486 e. The Kier molecular flexibility index (Phi) is 6.29. The zero-order valence-corrected chi connectivity index (χ0v) is 20.4. The third-order valence-corrected chi connectivity index (χ3v) is 6.32. The Hall–Kier alpha value is -4.02. The van der Waals surface area contributed by atoms with Gasteiger partial charge in [-0.25, -0.2) is 14.8 Å². The highest BCUT2D eigenvalue weighted by molar-refractivity contribution is 6.05. The molecule has 1 aromatic carbocycles. The van der Waals surface area contributed by atoms with E-state index in [1.165, 1.54) is 11.6 Å². The van der Waals surface area contributed by atoms with Crippen LogP contribution in [-0.2, 0) is 22.7 Å². The molecule has 0 spiro atoms. The first-order valence-corrected chi connectivity index (χ1v) is 12.0. The van der Waals surface area contributed by atoms with Crippen LogP contribution in [0.15, 0.2) is 36.7 Å². The lowest BCUT2D eigenvalue weighted by Crippen LogP contribution is -2.45. The smallest absolute Gasteiger partial charge is 0.409 e. The molecule has 5 rings (SSSR count). The fraction of sp³-hybridized carbons (Fsp3) is 0.440. The Bertz CT molecular complexity index is 1310. The molecule has 1 saturated carbocycles. The van der Waals surface area contributed by atoms with Gasteiger partial charge >= 0.3 is 6.09 Å². The van der Waals surface area contributed by atoms with Crippen LogP contribution in [-0.4, -0.2) is 60.7 Å². The summed E-state index contributed by atoms with van der Waals surface area (Å²) in [6.45, 7) is 5.23. The van der Waals surface area contributed by atoms with E-state index < -0.39 is 12.3 Å². The molecule has 2 aliphatic rings. The fourth-order valence-electron chi connectivity index (χ4n) is 4.65. The Morgan fingerprint density at radius 2 is 1.94 bits per heavy atom. The van der Waals surface area contributed by atoms with E-state index in [0.717, 1.165) is 6.42 Å². The van der Waals surface area contributed by atoms with Gasteiger partial charge in [0.05, 0.1) is 5.52 Å². The van der Waals surface area contributed by atoms with Gasteiger partial charge in [0.25, 0.3) is 0 Å². The molecule has 1 N–H and O–H groups in total. The minimum Gasteiger partial charge on any atom is -0.486 e. The summed E-state index contributed by atoms with van der Waals surface area (Å²) in [6.07, 6.45) is 3.68. The molecule has 2 fully saturated rings. The van der Waals surface area contributed by atoms with Gasteiger partial charge in [-0.3, -0.25) is 14.3 Å². The van der Waals surface area contributed by atoms with Crippen molar-refractivity contribution in [1.82, 2.24) is 30.0 Å². The SMILES string of the molecule is CC(=O)c1nn(CC(=O)N2[C@@H](OC(=O)NC(C)C)C[C@H]3C[C@H]32)c2ccc(OCc3ncccn3)cc12. The highest BCUT2D eigenvalue weighted by Crippen LogP contribution is 2.48. The van der Waals surface area contributed by atoms with Crippen molar-refractivity contribution < 1.29 is 23.9 Å². The van der Waals surface area contributed by atoms with Crippen molar-refractivity contribution in [2.24, 2.45) is 5.92 Å². The average molecular weight is 493 g/mol. The van der Waals surface area contributed by atoms with Crippen LogP contribution in [0.2, 0.25) is 0 Å². The first-order valence-electron chi connectivity index (χ1n) is 12.0. The van der Waals surface area contributed by atoms with Crippen LogP contribution < -0.4 is 10.1 Å². The van der Waals surface area contributed by atoms with Crippen molar-refractivity contribution in [2.75, 3.05) is 0 Å². The number of amides is 2. The van der Waals surface area contributed by atoms with Crippen molar-refractivity contribution in [3.8, 4) is 5.75 Å². The Balaban J connectivity index is 1.34. The second-order valence-corrected chi connectivity index (χ2v) is 9.45. The van der Waals surface area contributed by atoms with Gasteiger partial charge in [-0.05, 0) is 50.5 Å². The minimum absolute atomic E-state index is 0.0629. The molecule has 1 aliphatic carbocycles. The van der Waals surface area contributed by atoms with E-state index in [0.29, 0.717) is 34.8 Å². The van der Waals surface area contributed by atoms with E-state index in [2.05, 4.69) is 20.4 Å². The van der Waals surface area contributed by atoms with Crippen LogP contribution in [0, 0.1) is 5.92 Å². The number of ketones is 1. The van der Waals surface area contributed by atoms with E-state index in [9.17, 15) is 14.4 Å². The van der Waals surface area contributed by atoms with Crippen LogP contribution in [0.4, 0.5) is 4.79 Å². The number of nitrogens with one attached hydrogen (secondary N) is 1. The number of likely N-dealkylation sites (tertiary alicyclic amines) is 1. The summed E-state index contributed by atoms with van der Waals surface area (Å²) in [6, 6.07) is 7.00. The van der Waals surface area contributed by atoms with Gasteiger partial charge < -0.3 is 19.7 Å². The maximum absolute atomic E-state index is 13.3. The lowest BCUT2D eigenvalue weighted by atomic mass is 10.1. The third kappa shape index (κ3) is 4.86. The van der Waals surface area contributed by atoms with E-state index in [4.69, 9.17) is 9.47 Å². The fourth-order valence-corrected chi connectivity index (χ4v) is 4.65. The summed E-state index contributed by atoms with van der Waals surface area (Å²) >= 11 is 0. The topological polar surface area (TPSA) is 129 Å². The number of carbonyl (C=O) groups excluding carboxylic acids is 3. The van der Waals surface area contributed by atoms with E-state index in [1.54, 1.807) is 41.6 Å². The second-order valence-electron chi connectivity index (χ2n) is 9.45. The van der Waals surface area contributed by atoms with Crippen molar-refractivity contribution in [3.63, 3.8) is 0 Å². The molecule has 3 atom stereocenters. The van der Waals surface area contributed by atoms with Crippen LogP contribution in [0.5, 0.6) is 5.75 Å². The van der Waals surface area contributed by atoms with Gasteiger partial charge in [0.2, 0.25) is 5.91 Å². The Morgan fingerprint density at radius 3 is 2.67 bits per heavy atom. The summed E-state index contributed by atoms with van der Waals surface area (Å²) in [7, 11) is 0. The monoisotopic (exact) mass is 492 g/mol. The quantitative estimate of drug-likeness (QED) is 0.475. The van der Waals surface area contributed by atoms with Gasteiger partial charge in [0.15, 0.2) is 17.8 Å². The first-order chi connectivity index (χ1) is 17.3. The zero-order valence-electron chi connectivity index (χ0n) is 20.4. The summed E-state index contributed by atoms with van der Waals surface area (Å²) in [5, 5.41) is 7.74. The Labute approximate surface area is 207 Å². The minimum atomic E-state index is -0.602. The predicted molar refractivity (Wildman–Crippen MR) is 128 cm³/mol. The number of hydrogen-bond acceptors (Lipinski definition) is 8. The molecule has 3 heterocycles. The average Bonchev–Trinajstić information content (AvgIpc) is 3.35. The zero-order chi connectivity index (χ0) is 25.4. The third-order valence-electron chi connectivity index (χ3n) is 6.32. The Morgan fingerprint density at radius 1 is 1.17 bits per heavy atom. The van der Waals surface area contributed by atoms with E-state index in [1.807, 2.05) is 13.8 Å². The summed E-state index contributed by atoms with van der Waals surface area (Å²) in [5.41, 5.74) is 0.896. The molecule has 188 valence electrons. The van der Waals surface area contributed by atoms with Crippen LogP contribution in [0.3, 0.4) is 0 Å². The van der Waals surface area contributed by atoms with Crippen LogP contribution in [0.1, 0.15) is 49.9 Å². The van der Waals surface area contributed by atoms with Crippen molar-refractivity contribution in [3.05, 3.63) is 48.2 Å². The molecule has 3 aromatic rings. The van der Waals surface area contributed by atoms with Gasteiger partial charge in [-0.1, -0.05) is 0 Å². The number of nitrogens with zero attached hydrogens (tertiary/aromatic N) is 5. The van der Waals surface area contributed by atoms with E-state index >= 15 is 0 Å². The predicted octanol–water partition coefficient (Wildman–Crippen LogP) is 2.69. The second kappa shape index (κ2) is 9.56. The summed E-state index contributed by atoms with van der Waals surface area (Å²) in [5.74, 6) is 0.997. The molecule has 11 heteroatoms. The van der Waals surface area contributed by atoms with Crippen LogP contribution in [0.25, 0.3) is 10.9 Å². The molecule has 2 amide bonds. The number of alkyl carbamates (subject to hydrolysis) is 1. The molecule has 0 unspecified atom stereocenters. The number of hydrogen-bond donors (Lipinski definition) is 1. The van der Waals surface area contributed by atoms with Gasteiger partial charge in [-0.2, -0.15) is 5.10 Å². The molecule has 36 heavy (non-hydrogen) atoms. The summed E-state index contributed by atoms with van der Waals surface area (Å²) in [4.78, 5) is 47.7.